The summed E-state index contributed by atoms with van der Waals surface area (Å²) in [6.07, 6.45) is 2.10. The number of thiocarbonyl (C=S) groups is 1. The zero-order valence-electron chi connectivity index (χ0n) is 19.5. The highest BCUT2D eigenvalue weighted by atomic mass is 32.1. The van der Waals surface area contributed by atoms with Crippen LogP contribution in [0.25, 0.3) is 0 Å². The van der Waals surface area contributed by atoms with Gasteiger partial charge in [-0.05, 0) is 45.0 Å². The van der Waals surface area contributed by atoms with Crippen molar-refractivity contribution in [2.45, 2.75) is 32.8 Å². The molecule has 3 N–H and O–H groups in total. The van der Waals surface area contributed by atoms with Crippen LogP contribution in [0, 0.1) is 13.8 Å². The molecule has 1 aliphatic rings. The molecule has 3 rings (SSSR count). The van der Waals surface area contributed by atoms with E-state index in [2.05, 4.69) is 30.9 Å². The number of aromatic nitrogens is 2. The van der Waals surface area contributed by atoms with Crippen molar-refractivity contribution in [2.24, 2.45) is 4.99 Å². The molecule has 10 nitrogen and oxygen atoms in total. The quantitative estimate of drug-likeness (QED) is 0.314. The number of aryl methyl sites for hydroxylation is 2. The van der Waals surface area contributed by atoms with Crippen LogP contribution in [0.1, 0.15) is 24.2 Å². The van der Waals surface area contributed by atoms with E-state index in [4.69, 9.17) is 31.2 Å². The van der Waals surface area contributed by atoms with E-state index in [-0.39, 0.29) is 6.10 Å². The van der Waals surface area contributed by atoms with Gasteiger partial charge in [0.15, 0.2) is 16.6 Å². The Balaban J connectivity index is 1.77. The van der Waals surface area contributed by atoms with Crippen LogP contribution in [0.5, 0.6) is 17.2 Å². The van der Waals surface area contributed by atoms with E-state index < -0.39 is 0 Å². The SMILES string of the molecule is COc1cc(NC(=S)NC(=NCC2CCCO2)Nc2nc(C)cc(C)n2)cc(OC)c1OC. The second-order valence-electron chi connectivity index (χ2n) is 7.42. The van der Waals surface area contributed by atoms with Crippen LogP contribution in [-0.2, 0) is 4.74 Å². The lowest BCUT2D eigenvalue weighted by atomic mass is 10.2. The van der Waals surface area contributed by atoms with Gasteiger partial charge in [-0.25, -0.2) is 15.0 Å². The van der Waals surface area contributed by atoms with E-state index in [1.165, 1.54) is 0 Å². The number of hydrogen-bond acceptors (Lipinski definition) is 8. The predicted molar refractivity (Wildman–Crippen MR) is 132 cm³/mol. The predicted octanol–water partition coefficient (Wildman–Crippen LogP) is 3.05. The fraction of sp³-hybridized carbons (Fsp3) is 0.455. The molecule has 2 heterocycles. The Hall–Kier alpha value is -3.18. The number of methoxy groups -OCH3 is 3. The van der Waals surface area contributed by atoms with Crippen molar-refractivity contribution >= 4 is 34.9 Å². The molecule has 2 aromatic rings. The molecule has 1 aromatic heterocycles. The van der Waals surface area contributed by atoms with Crippen LogP contribution in [0.15, 0.2) is 23.2 Å². The molecule has 1 fully saturated rings. The van der Waals surface area contributed by atoms with Crippen molar-refractivity contribution in [1.82, 2.24) is 15.3 Å². The Labute approximate surface area is 199 Å². The minimum absolute atomic E-state index is 0.0837. The minimum atomic E-state index is 0.0837. The Bertz CT molecular complexity index is 965. The largest absolute Gasteiger partial charge is 0.493 e. The molecule has 33 heavy (non-hydrogen) atoms. The number of ether oxygens (including phenoxy) is 4. The Morgan fingerprint density at radius 1 is 1.06 bits per heavy atom. The minimum Gasteiger partial charge on any atom is -0.493 e. The first-order chi connectivity index (χ1) is 15.9. The molecule has 0 aliphatic carbocycles. The fourth-order valence-electron chi connectivity index (χ4n) is 3.40. The zero-order chi connectivity index (χ0) is 23.8. The van der Waals surface area contributed by atoms with Crippen molar-refractivity contribution in [2.75, 3.05) is 45.1 Å². The number of hydrogen-bond donors (Lipinski definition) is 3. The van der Waals surface area contributed by atoms with Crippen LogP contribution < -0.4 is 30.2 Å². The highest BCUT2D eigenvalue weighted by Crippen LogP contribution is 2.39. The number of benzene rings is 1. The molecule has 1 atom stereocenters. The second kappa shape index (κ2) is 11.6. The maximum atomic E-state index is 5.68. The van der Waals surface area contributed by atoms with Gasteiger partial charge in [-0.2, -0.15) is 0 Å². The van der Waals surface area contributed by atoms with Gasteiger partial charge in [-0.15, -0.1) is 0 Å². The smallest absolute Gasteiger partial charge is 0.229 e. The van der Waals surface area contributed by atoms with Crippen LogP contribution in [-0.4, -0.2) is 61.6 Å². The third kappa shape index (κ3) is 6.90. The molecule has 0 amide bonds. The van der Waals surface area contributed by atoms with Crippen LogP contribution >= 0.6 is 12.2 Å². The maximum absolute atomic E-state index is 5.68. The second-order valence-corrected chi connectivity index (χ2v) is 7.83. The summed E-state index contributed by atoms with van der Waals surface area (Å²) in [4.78, 5) is 13.5. The number of anilines is 2. The molecule has 0 radical (unpaired) electrons. The highest BCUT2D eigenvalue weighted by molar-refractivity contribution is 7.80. The number of nitrogens with zero attached hydrogens (tertiary/aromatic N) is 3. The van der Waals surface area contributed by atoms with Crippen LogP contribution in [0.2, 0.25) is 0 Å². The van der Waals surface area contributed by atoms with Crippen LogP contribution in [0.4, 0.5) is 11.6 Å². The first kappa shape index (κ1) is 24.5. The number of aliphatic imine (C=N–C) groups is 1. The van der Waals surface area contributed by atoms with Gasteiger partial charge in [0, 0.05) is 35.8 Å². The fourth-order valence-corrected chi connectivity index (χ4v) is 3.62. The molecule has 0 saturated carbocycles. The molecule has 1 unspecified atom stereocenters. The first-order valence-electron chi connectivity index (χ1n) is 10.5. The summed E-state index contributed by atoms with van der Waals surface area (Å²) >= 11 is 5.52. The molecular weight excluding hydrogens is 444 g/mol. The van der Waals surface area contributed by atoms with Gasteiger partial charge in [-0.1, -0.05) is 0 Å². The van der Waals surface area contributed by atoms with Gasteiger partial charge in [-0.3, -0.25) is 5.32 Å². The monoisotopic (exact) mass is 474 g/mol. The van der Waals surface area contributed by atoms with E-state index >= 15 is 0 Å². The average Bonchev–Trinajstić information content (AvgIpc) is 3.29. The summed E-state index contributed by atoms with van der Waals surface area (Å²) in [6.45, 7) is 5.07. The lowest BCUT2D eigenvalue weighted by Crippen LogP contribution is -2.39. The van der Waals surface area contributed by atoms with Gasteiger partial charge < -0.3 is 29.6 Å². The van der Waals surface area contributed by atoms with E-state index in [9.17, 15) is 0 Å². The van der Waals surface area contributed by atoms with Crippen LogP contribution in [0.3, 0.4) is 0 Å². The van der Waals surface area contributed by atoms with Crippen molar-refractivity contribution in [3.8, 4) is 17.2 Å². The van der Waals surface area contributed by atoms with Crippen molar-refractivity contribution in [3.63, 3.8) is 0 Å². The van der Waals surface area contributed by atoms with Gasteiger partial charge in [0.1, 0.15) is 0 Å². The molecule has 1 saturated heterocycles. The third-order valence-electron chi connectivity index (χ3n) is 4.84. The van der Waals surface area contributed by atoms with E-state index in [1.54, 1.807) is 33.5 Å². The number of guanidine groups is 1. The van der Waals surface area contributed by atoms with Gasteiger partial charge in [0.05, 0.1) is 34.0 Å². The topological polar surface area (TPSA) is 111 Å². The zero-order valence-corrected chi connectivity index (χ0v) is 20.3. The number of rotatable bonds is 7. The molecular formula is C22H30N6O4S. The Morgan fingerprint density at radius 3 is 2.27 bits per heavy atom. The third-order valence-corrected chi connectivity index (χ3v) is 5.05. The molecule has 11 heteroatoms. The highest BCUT2D eigenvalue weighted by Gasteiger charge is 2.17. The summed E-state index contributed by atoms with van der Waals surface area (Å²) in [7, 11) is 4.67. The Morgan fingerprint density at radius 2 is 1.73 bits per heavy atom. The molecule has 0 bridgehead atoms. The van der Waals surface area contributed by atoms with Crippen molar-refractivity contribution < 1.29 is 18.9 Å². The van der Waals surface area contributed by atoms with E-state index in [1.807, 2.05) is 19.9 Å². The molecule has 1 aromatic carbocycles. The normalized spacial score (nSPS) is 15.7. The maximum Gasteiger partial charge on any atom is 0.229 e. The van der Waals surface area contributed by atoms with Gasteiger partial charge in [0.2, 0.25) is 17.7 Å². The van der Waals surface area contributed by atoms with Gasteiger partial charge in [0.25, 0.3) is 0 Å². The lowest BCUT2D eigenvalue weighted by Gasteiger charge is -2.17. The van der Waals surface area contributed by atoms with Crippen molar-refractivity contribution in [1.29, 1.82) is 0 Å². The summed E-state index contributed by atoms with van der Waals surface area (Å²) in [5, 5.41) is 9.65. The summed E-state index contributed by atoms with van der Waals surface area (Å²) in [6, 6.07) is 5.43. The summed E-state index contributed by atoms with van der Waals surface area (Å²) in [5.41, 5.74) is 2.35. The Kier molecular flexibility index (Phi) is 8.61. The molecule has 1 aliphatic heterocycles. The van der Waals surface area contributed by atoms with Crippen molar-refractivity contribution in [3.05, 3.63) is 29.6 Å². The van der Waals surface area contributed by atoms with Gasteiger partial charge >= 0.3 is 0 Å². The first-order valence-corrected chi connectivity index (χ1v) is 11.0. The summed E-state index contributed by atoms with van der Waals surface area (Å²) in [5.74, 6) is 2.37. The standard InChI is InChI=1S/C22H30N6O4S/c1-13-9-14(2)25-21(24-13)27-20(23-12-16-7-6-8-32-16)28-22(33)26-15-10-17(29-3)19(31-5)18(11-15)30-4/h9-11,16H,6-8,12H2,1-5H3,(H3,23,24,25,26,27,28,33). The van der Waals surface area contributed by atoms with E-state index in [0.717, 1.165) is 30.8 Å². The average molecular weight is 475 g/mol. The number of nitrogens with one attached hydrogen (secondary N) is 3. The molecule has 178 valence electrons. The van der Waals surface area contributed by atoms with E-state index in [0.29, 0.717) is 46.5 Å². The summed E-state index contributed by atoms with van der Waals surface area (Å²) < 4.78 is 21.9. The molecule has 0 spiro atoms. The lowest BCUT2D eigenvalue weighted by molar-refractivity contribution is 0.118.